The molecule has 3 aromatic rings. The van der Waals surface area contributed by atoms with E-state index >= 15 is 0 Å². The van der Waals surface area contributed by atoms with E-state index in [1.54, 1.807) is 36.5 Å². The van der Waals surface area contributed by atoms with Crippen LogP contribution in [-0.4, -0.2) is 34.8 Å². The van der Waals surface area contributed by atoms with Gasteiger partial charge in [0.25, 0.3) is 11.8 Å². The third-order valence-corrected chi connectivity index (χ3v) is 5.06. The van der Waals surface area contributed by atoms with E-state index in [4.69, 9.17) is 16.9 Å². The highest BCUT2D eigenvalue weighted by atomic mass is 35.5. The number of carbonyl (C=O) groups is 2. The second-order valence-corrected chi connectivity index (χ2v) is 7.25. The van der Waals surface area contributed by atoms with Crippen LogP contribution in [-0.2, 0) is 11.2 Å². The first kappa shape index (κ1) is 22.8. The van der Waals surface area contributed by atoms with Crippen molar-refractivity contribution in [2.24, 2.45) is 0 Å². The van der Waals surface area contributed by atoms with Crippen molar-refractivity contribution in [1.29, 1.82) is 5.26 Å². The normalized spacial score (nSPS) is 11.3. The van der Waals surface area contributed by atoms with Crippen LogP contribution in [0.1, 0.15) is 15.9 Å². The molecule has 0 aliphatic rings. The molecule has 0 aliphatic carbocycles. The van der Waals surface area contributed by atoms with E-state index in [2.05, 4.69) is 10.3 Å². The maximum Gasteiger partial charge on any atom is 0.258 e. The Morgan fingerprint density at radius 3 is 2.41 bits per heavy atom. The lowest BCUT2D eigenvalue weighted by molar-refractivity contribution is -0.129. The molecule has 6 nitrogen and oxygen atoms in total. The van der Waals surface area contributed by atoms with Crippen molar-refractivity contribution >= 4 is 23.4 Å². The van der Waals surface area contributed by atoms with Crippen molar-refractivity contribution < 1.29 is 18.4 Å². The van der Waals surface area contributed by atoms with Gasteiger partial charge < -0.3 is 5.32 Å². The lowest BCUT2D eigenvalue weighted by atomic mass is 10.0. The molecule has 1 aromatic heterocycles. The molecule has 0 saturated heterocycles. The van der Waals surface area contributed by atoms with E-state index < -0.39 is 35.9 Å². The number of amides is 2. The Hall–Kier alpha value is -3.83. The van der Waals surface area contributed by atoms with Gasteiger partial charge in [-0.1, -0.05) is 35.9 Å². The molecule has 9 heteroatoms. The predicted octanol–water partition coefficient (Wildman–Crippen LogP) is 3.96. The van der Waals surface area contributed by atoms with E-state index in [9.17, 15) is 18.4 Å². The van der Waals surface area contributed by atoms with Gasteiger partial charge in [-0.05, 0) is 30.3 Å². The largest absolute Gasteiger partial charge is 0.340 e. The zero-order valence-corrected chi connectivity index (χ0v) is 17.6. The average Bonchev–Trinajstić information content (AvgIpc) is 2.80. The third-order valence-electron chi connectivity index (χ3n) is 4.73. The van der Waals surface area contributed by atoms with Gasteiger partial charge in [-0.3, -0.25) is 19.5 Å². The number of pyridine rings is 1. The summed E-state index contributed by atoms with van der Waals surface area (Å²) < 4.78 is 28.2. The van der Waals surface area contributed by atoms with E-state index in [1.165, 1.54) is 25.4 Å². The topological polar surface area (TPSA) is 86.1 Å². The number of aromatic nitrogens is 1. The van der Waals surface area contributed by atoms with Crippen LogP contribution < -0.4 is 5.32 Å². The summed E-state index contributed by atoms with van der Waals surface area (Å²) in [6.45, 7) is 0. The van der Waals surface area contributed by atoms with Crippen molar-refractivity contribution in [3.05, 3.63) is 88.6 Å². The molecule has 3 rings (SSSR count). The van der Waals surface area contributed by atoms with Crippen LogP contribution in [0, 0.1) is 23.1 Å². The molecule has 162 valence electrons. The summed E-state index contributed by atoms with van der Waals surface area (Å²) in [4.78, 5) is 30.2. The molecule has 2 aromatic carbocycles. The van der Waals surface area contributed by atoms with Gasteiger partial charge in [0, 0.05) is 35.8 Å². The highest BCUT2D eigenvalue weighted by Gasteiger charge is 2.27. The molecular weight excluding hydrogens is 438 g/mol. The fraction of sp³-hybridized carbons (Fsp3) is 0.130. The number of carbonyl (C=O) groups excluding carboxylic acids is 2. The monoisotopic (exact) mass is 454 g/mol. The van der Waals surface area contributed by atoms with E-state index in [0.29, 0.717) is 21.2 Å². The summed E-state index contributed by atoms with van der Waals surface area (Å²) in [5.74, 6) is -3.22. The second-order valence-electron chi connectivity index (χ2n) is 6.84. The summed E-state index contributed by atoms with van der Waals surface area (Å²) in [6, 6.07) is 12.1. The molecule has 1 heterocycles. The Kier molecular flexibility index (Phi) is 7.13. The summed E-state index contributed by atoms with van der Waals surface area (Å²) >= 11 is 6.16. The van der Waals surface area contributed by atoms with Crippen molar-refractivity contribution in [3.63, 3.8) is 0 Å². The standard InChI is InChI=1S/C23H17ClF2N4O2/c1-30(13-27)23(32)21(11-16-18(25)7-4-8-19(16)26)29-22(31)14-9-10-20(28-12-14)15-5-2-3-6-17(15)24/h2-10,12,21H,11H2,1H3,(H,29,31). The molecule has 0 aliphatic heterocycles. The van der Waals surface area contributed by atoms with E-state index in [-0.39, 0.29) is 11.1 Å². The van der Waals surface area contributed by atoms with E-state index in [1.807, 2.05) is 0 Å². The number of likely N-dealkylation sites (N-methyl/N-ethyl adjacent to an activating group) is 1. The van der Waals surface area contributed by atoms with Crippen LogP contribution in [0.4, 0.5) is 8.78 Å². The first-order valence-corrected chi connectivity index (χ1v) is 9.81. The van der Waals surface area contributed by atoms with E-state index in [0.717, 1.165) is 12.1 Å². The number of hydrogen-bond donors (Lipinski definition) is 1. The Bertz CT molecular complexity index is 1180. The van der Waals surface area contributed by atoms with Gasteiger partial charge >= 0.3 is 0 Å². The van der Waals surface area contributed by atoms with Crippen LogP contribution in [0.15, 0.2) is 60.8 Å². The minimum absolute atomic E-state index is 0.118. The number of nitrogens with zero attached hydrogens (tertiary/aromatic N) is 3. The molecule has 1 N–H and O–H groups in total. The Morgan fingerprint density at radius 1 is 1.12 bits per heavy atom. The Morgan fingerprint density at radius 2 is 1.81 bits per heavy atom. The zero-order valence-electron chi connectivity index (χ0n) is 16.8. The van der Waals surface area contributed by atoms with Crippen LogP contribution in [0.5, 0.6) is 0 Å². The second kappa shape index (κ2) is 9.98. The number of halogens is 3. The Labute approximate surface area is 188 Å². The molecule has 2 amide bonds. The van der Waals surface area contributed by atoms with Crippen LogP contribution in [0.25, 0.3) is 11.3 Å². The van der Waals surface area contributed by atoms with Gasteiger partial charge in [0.05, 0.1) is 11.3 Å². The number of benzene rings is 2. The molecule has 0 radical (unpaired) electrons. The zero-order chi connectivity index (χ0) is 23.3. The van der Waals surface area contributed by atoms with Crippen LogP contribution >= 0.6 is 11.6 Å². The average molecular weight is 455 g/mol. The summed E-state index contributed by atoms with van der Waals surface area (Å²) in [5, 5.41) is 12.0. The van der Waals surface area contributed by atoms with Crippen molar-refractivity contribution in [2.75, 3.05) is 7.05 Å². The molecule has 0 saturated carbocycles. The third kappa shape index (κ3) is 5.07. The Balaban J connectivity index is 1.84. The molecule has 32 heavy (non-hydrogen) atoms. The number of hydrogen-bond acceptors (Lipinski definition) is 4. The fourth-order valence-corrected chi connectivity index (χ4v) is 3.25. The quantitative estimate of drug-likeness (QED) is 0.451. The number of rotatable bonds is 6. The minimum atomic E-state index is -1.37. The fourth-order valence-electron chi connectivity index (χ4n) is 3.01. The van der Waals surface area contributed by atoms with Crippen molar-refractivity contribution in [1.82, 2.24) is 15.2 Å². The van der Waals surface area contributed by atoms with Gasteiger partial charge in [-0.2, -0.15) is 5.26 Å². The number of nitriles is 1. The van der Waals surface area contributed by atoms with Gasteiger partial charge in [0.15, 0.2) is 6.19 Å². The van der Waals surface area contributed by atoms with Gasteiger partial charge in [-0.15, -0.1) is 0 Å². The maximum absolute atomic E-state index is 14.1. The summed E-state index contributed by atoms with van der Waals surface area (Å²) in [6.07, 6.45) is 2.45. The molecule has 0 fully saturated rings. The van der Waals surface area contributed by atoms with Gasteiger partial charge in [0.1, 0.15) is 17.7 Å². The predicted molar refractivity (Wildman–Crippen MR) is 114 cm³/mol. The molecular formula is C23H17ClF2N4O2. The summed E-state index contributed by atoms with van der Waals surface area (Å²) in [5.41, 5.74) is 0.967. The van der Waals surface area contributed by atoms with Crippen LogP contribution in [0.3, 0.4) is 0 Å². The highest BCUT2D eigenvalue weighted by molar-refractivity contribution is 6.33. The first-order valence-electron chi connectivity index (χ1n) is 9.43. The minimum Gasteiger partial charge on any atom is -0.340 e. The SMILES string of the molecule is CN(C#N)C(=O)C(Cc1c(F)cccc1F)NC(=O)c1ccc(-c2ccccc2Cl)nc1. The van der Waals surface area contributed by atoms with Gasteiger partial charge in [-0.25, -0.2) is 8.78 Å². The highest BCUT2D eigenvalue weighted by Crippen LogP contribution is 2.25. The number of nitrogens with one attached hydrogen (secondary N) is 1. The molecule has 1 unspecified atom stereocenters. The smallest absolute Gasteiger partial charge is 0.258 e. The maximum atomic E-state index is 14.1. The lowest BCUT2D eigenvalue weighted by Crippen LogP contribution is -2.47. The first-order chi connectivity index (χ1) is 15.3. The summed E-state index contributed by atoms with van der Waals surface area (Å²) in [7, 11) is 1.19. The van der Waals surface area contributed by atoms with Gasteiger partial charge in [0.2, 0.25) is 0 Å². The molecule has 1 atom stereocenters. The molecule has 0 spiro atoms. The van der Waals surface area contributed by atoms with Crippen LogP contribution in [0.2, 0.25) is 5.02 Å². The molecule has 0 bridgehead atoms. The van der Waals surface area contributed by atoms with Crippen molar-refractivity contribution in [2.45, 2.75) is 12.5 Å². The van der Waals surface area contributed by atoms with Crippen molar-refractivity contribution in [3.8, 4) is 17.5 Å². The lowest BCUT2D eigenvalue weighted by Gasteiger charge is -2.20.